The molecule has 1 aromatic heterocycles. The summed E-state index contributed by atoms with van der Waals surface area (Å²) in [5.41, 5.74) is 1.05. The number of anilines is 2. The highest BCUT2D eigenvalue weighted by Crippen LogP contribution is 2.32. The van der Waals surface area contributed by atoms with Crippen LogP contribution in [0.2, 0.25) is 10.0 Å². The Labute approximate surface area is 175 Å². The first-order chi connectivity index (χ1) is 13.5. The van der Waals surface area contributed by atoms with Gasteiger partial charge in [0.2, 0.25) is 0 Å². The molecule has 28 heavy (non-hydrogen) atoms. The molecule has 144 valence electrons. The van der Waals surface area contributed by atoms with Gasteiger partial charge in [0.05, 0.1) is 16.3 Å². The maximum atomic E-state index is 13.3. The maximum Gasteiger partial charge on any atom is 0.272 e. The number of ether oxygens (including phenoxy) is 1. The Morgan fingerprint density at radius 2 is 1.86 bits per heavy atom. The Morgan fingerprint density at radius 1 is 1.14 bits per heavy atom. The lowest BCUT2D eigenvalue weighted by Crippen LogP contribution is -2.27. The highest BCUT2D eigenvalue weighted by atomic mass is 35.5. The molecular weight excluding hydrogens is 421 g/mol. The number of methoxy groups -OCH3 is 1. The van der Waals surface area contributed by atoms with E-state index in [0.717, 1.165) is 11.3 Å². The van der Waals surface area contributed by atoms with Crippen molar-refractivity contribution in [2.75, 3.05) is 18.7 Å². The molecule has 0 spiro atoms. The molecule has 0 saturated carbocycles. The number of nitrogens with zero attached hydrogens (tertiary/aromatic N) is 2. The number of carbonyl (C=O) groups is 2. The van der Waals surface area contributed by atoms with Crippen LogP contribution in [-0.2, 0) is 4.74 Å². The maximum absolute atomic E-state index is 13.3. The number of hydrogen-bond acceptors (Lipinski definition) is 5. The zero-order valence-electron chi connectivity index (χ0n) is 14.7. The molecule has 9 heteroatoms. The lowest BCUT2D eigenvalue weighted by molar-refractivity contribution is 0.0867. The Kier molecular flexibility index (Phi) is 6.64. The number of thiazole rings is 1. The fraction of sp³-hybridized carbons (Fsp3) is 0.105. The molecular formula is C19H15Cl2N3O3S. The zero-order valence-corrected chi connectivity index (χ0v) is 17.0. The number of rotatable bonds is 6. The van der Waals surface area contributed by atoms with Crippen molar-refractivity contribution in [2.45, 2.75) is 0 Å². The average molecular weight is 436 g/mol. The second kappa shape index (κ2) is 9.16. The Morgan fingerprint density at radius 3 is 2.54 bits per heavy atom. The highest BCUT2D eigenvalue weighted by Gasteiger charge is 2.25. The summed E-state index contributed by atoms with van der Waals surface area (Å²) in [6.45, 7) is 0.0607. The van der Waals surface area contributed by atoms with Crippen LogP contribution < -0.4 is 10.2 Å². The predicted molar refractivity (Wildman–Crippen MR) is 111 cm³/mol. The Balaban J connectivity index is 2.01. The van der Waals surface area contributed by atoms with Crippen molar-refractivity contribution in [3.05, 3.63) is 75.2 Å². The smallest absolute Gasteiger partial charge is 0.272 e. The first-order valence-corrected chi connectivity index (χ1v) is 9.72. The number of nitrogens with one attached hydrogen (secondary N) is 1. The van der Waals surface area contributed by atoms with Gasteiger partial charge >= 0.3 is 0 Å². The van der Waals surface area contributed by atoms with Gasteiger partial charge < -0.3 is 10.1 Å². The van der Waals surface area contributed by atoms with E-state index >= 15 is 0 Å². The van der Waals surface area contributed by atoms with Gasteiger partial charge in [-0.25, -0.2) is 4.98 Å². The first kappa shape index (κ1) is 20.3. The summed E-state index contributed by atoms with van der Waals surface area (Å²) in [7, 11) is 1.47. The minimum atomic E-state index is -0.398. The third-order valence-corrected chi connectivity index (χ3v) is 5.09. The predicted octanol–water partition coefficient (Wildman–Crippen LogP) is 4.76. The van der Waals surface area contributed by atoms with Gasteiger partial charge in [0.1, 0.15) is 12.4 Å². The van der Waals surface area contributed by atoms with Crippen LogP contribution in [0.5, 0.6) is 0 Å². The number of amides is 2. The van der Waals surface area contributed by atoms with Crippen LogP contribution in [0.15, 0.2) is 53.9 Å². The molecule has 0 aliphatic rings. The van der Waals surface area contributed by atoms with E-state index in [4.69, 9.17) is 27.9 Å². The second-order valence-corrected chi connectivity index (χ2v) is 7.23. The number of aromatic nitrogens is 1. The normalized spacial score (nSPS) is 10.5. The Hall–Kier alpha value is -2.45. The van der Waals surface area contributed by atoms with Gasteiger partial charge in [-0.1, -0.05) is 35.3 Å². The van der Waals surface area contributed by atoms with Crippen molar-refractivity contribution < 1.29 is 14.3 Å². The fourth-order valence-electron chi connectivity index (χ4n) is 2.36. The number of carbonyl (C=O) groups excluding carboxylic acids is 2. The molecule has 1 N–H and O–H groups in total. The first-order valence-electron chi connectivity index (χ1n) is 8.08. The molecule has 0 atom stereocenters. The van der Waals surface area contributed by atoms with Crippen LogP contribution in [-0.4, -0.2) is 30.6 Å². The largest absolute Gasteiger partial charge is 0.364 e. The summed E-state index contributed by atoms with van der Waals surface area (Å²) in [6.07, 6.45) is 0. The summed E-state index contributed by atoms with van der Waals surface area (Å²) in [6, 6.07) is 13.5. The molecule has 3 rings (SSSR count). The zero-order chi connectivity index (χ0) is 20.1. The van der Waals surface area contributed by atoms with Crippen LogP contribution in [0.1, 0.15) is 20.8 Å². The SMILES string of the molecule is COCNC(=O)c1csc(N(C(=O)c2ccccc2Cl)c2ccc(Cl)cc2)n1. The average Bonchev–Trinajstić information content (AvgIpc) is 3.18. The van der Waals surface area contributed by atoms with Crippen molar-refractivity contribution in [2.24, 2.45) is 0 Å². The molecule has 0 unspecified atom stereocenters. The molecule has 0 bridgehead atoms. The lowest BCUT2D eigenvalue weighted by atomic mass is 10.2. The summed E-state index contributed by atoms with van der Waals surface area (Å²) < 4.78 is 4.83. The summed E-state index contributed by atoms with van der Waals surface area (Å²) in [5.74, 6) is -0.767. The molecule has 0 aliphatic carbocycles. The summed E-state index contributed by atoms with van der Waals surface area (Å²) >= 11 is 13.4. The third kappa shape index (κ3) is 4.51. The Bertz CT molecular complexity index is 992. The molecule has 0 aliphatic heterocycles. The number of halogens is 2. The van der Waals surface area contributed by atoms with E-state index in [0.29, 0.717) is 26.4 Å². The van der Waals surface area contributed by atoms with Crippen molar-refractivity contribution in [3.8, 4) is 0 Å². The van der Waals surface area contributed by atoms with Gasteiger partial charge in [-0.15, -0.1) is 11.3 Å². The van der Waals surface area contributed by atoms with Crippen molar-refractivity contribution in [1.82, 2.24) is 10.3 Å². The molecule has 0 radical (unpaired) electrons. The van der Waals surface area contributed by atoms with E-state index in [2.05, 4.69) is 10.3 Å². The van der Waals surface area contributed by atoms with Crippen molar-refractivity contribution in [3.63, 3.8) is 0 Å². The van der Waals surface area contributed by atoms with Gasteiger partial charge in [0, 0.05) is 17.5 Å². The second-order valence-electron chi connectivity index (χ2n) is 5.55. The van der Waals surface area contributed by atoms with Crippen LogP contribution in [0.3, 0.4) is 0 Å². The summed E-state index contributed by atoms with van der Waals surface area (Å²) in [4.78, 5) is 31.1. The van der Waals surface area contributed by atoms with Gasteiger partial charge in [-0.3, -0.25) is 14.5 Å². The minimum Gasteiger partial charge on any atom is -0.364 e. The van der Waals surface area contributed by atoms with Gasteiger partial charge in [0.15, 0.2) is 5.13 Å². The van der Waals surface area contributed by atoms with Crippen LogP contribution in [0.25, 0.3) is 0 Å². The topological polar surface area (TPSA) is 71.5 Å². The van der Waals surface area contributed by atoms with Crippen LogP contribution in [0, 0.1) is 0 Å². The molecule has 3 aromatic rings. The van der Waals surface area contributed by atoms with Crippen molar-refractivity contribution >= 4 is 57.2 Å². The van der Waals surface area contributed by atoms with E-state index in [9.17, 15) is 9.59 Å². The number of benzene rings is 2. The highest BCUT2D eigenvalue weighted by molar-refractivity contribution is 7.14. The molecule has 6 nitrogen and oxygen atoms in total. The quantitative estimate of drug-likeness (QED) is 0.566. The standard InChI is InChI=1S/C19H15Cl2N3O3S/c1-27-11-22-17(25)16-10-28-19(23-16)24(13-8-6-12(20)7-9-13)18(26)14-4-2-3-5-15(14)21/h2-10H,11H2,1H3,(H,22,25). The molecule has 1 heterocycles. The lowest BCUT2D eigenvalue weighted by Gasteiger charge is -2.20. The van der Waals surface area contributed by atoms with Crippen molar-refractivity contribution in [1.29, 1.82) is 0 Å². The van der Waals surface area contributed by atoms with Gasteiger partial charge in [-0.2, -0.15) is 0 Å². The van der Waals surface area contributed by atoms with Crippen LogP contribution >= 0.6 is 34.5 Å². The third-order valence-electron chi connectivity index (χ3n) is 3.69. The summed E-state index contributed by atoms with van der Waals surface area (Å²) in [5, 5.41) is 5.32. The minimum absolute atomic E-state index is 0.0607. The van der Waals surface area contributed by atoms with Gasteiger partial charge in [0.25, 0.3) is 11.8 Å². The number of hydrogen-bond donors (Lipinski definition) is 1. The molecule has 0 saturated heterocycles. The van der Waals surface area contributed by atoms with E-state index in [-0.39, 0.29) is 18.3 Å². The molecule has 2 aromatic carbocycles. The van der Waals surface area contributed by atoms with E-state index in [1.165, 1.54) is 12.0 Å². The molecule has 2 amide bonds. The monoisotopic (exact) mass is 435 g/mol. The van der Waals surface area contributed by atoms with E-state index in [1.54, 1.807) is 53.9 Å². The fourth-order valence-corrected chi connectivity index (χ4v) is 3.52. The van der Waals surface area contributed by atoms with E-state index < -0.39 is 5.91 Å². The van der Waals surface area contributed by atoms with E-state index in [1.807, 2.05) is 0 Å². The van der Waals surface area contributed by atoms with Crippen LogP contribution in [0.4, 0.5) is 10.8 Å². The molecule has 0 fully saturated rings. The van der Waals surface area contributed by atoms with Gasteiger partial charge in [-0.05, 0) is 36.4 Å².